The summed E-state index contributed by atoms with van der Waals surface area (Å²) in [6, 6.07) is 8.59. The van der Waals surface area contributed by atoms with Crippen molar-refractivity contribution in [3.8, 4) is 0 Å². The second-order valence-corrected chi connectivity index (χ2v) is 4.66. The highest BCUT2D eigenvalue weighted by Gasteiger charge is 2.19. The number of allylic oxidation sites excluding steroid dienone is 1. The molecule has 0 fully saturated rings. The van der Waals surface area contributed by atoms with E-state index in [4.69, 9.17) is 9.84 Å². The van der Waals surface area contributed by atoms with Gasteiger partial charge in [0.05, 0.1) is 6.61 Å². The van der Waals surface area contributed by atoms with Gasteiger partial charge >= 0.3 is 5.97 Å². The maximum Gasteiger partial charge on any atom is 0.326 e. The molecule has 0 aromatic heterocycles. The molecule has 114 valence electrons. The van der Waals surface area contributed by atoms with E-state index in [0.29, 0.717) is 19.4 Å². The van der Waals surface area contributed by atoms with Crippen LogP contribution in [0.4, 0.5) is 0 Å². The molecule has 0 spiro atoms. The Balaban J connectivity index is 2.29. The highest BCUT2D eigenvalue weighted by Crippen LogP contribution is 2.03. The maximum atomic E-state index is 11.7. The van der Waals surface area contributed by atoms with E-state index >= 15 is 0 Å². The number of carboxylic acids is 1. The summed E-state index contributed by atoms with van der Waals surface area (Å²) in [6.07, 6.45) is 3.51. The molecule has 5 nitrogen and oxygen atoms in total. The fraction of sp³-hybridized carbons (Fsp3) is 0.375. The summed E-state index contributed by atoms with van der Waals surface area (Å²) in [5.41, 5.74) is 0.964. The van der Waals surface area contributed by atoms with Crippen LogP contribution in [-0.4, -0.2) is 29.6 Å². The van der Waals surface area contributed by atoms with Crippen LogP contribution < -0.4 is 5.32 Å². The van der Waals surface area contributed by atoms with E-state index in [-0.39, 0.29) is 6.61 Å². The fourth-order valence-corrected chi connectivity index (χ4v) is 1.80. The number of carbonyl (C=O) groups is 2. The molecule has 0 aliphatic rings. The van der Waals surface area contributed by atoms with Gasteiger partial charge in [-0.3, -0.25) is 4.79 Å². The van der Waals surface area contributed by atoms with Gasteiger partial charge in [-0.15, -0.1) is 6.58 Å². The Morgan fingerprint density at radius 1 is 1.33 bits per heavy atom. The molecule has 0 heterocycles. The fourth-order valence-electron chi connectivity index (χ4n) is 1.80. The van der Waals surface area contributed by atoms with Gasteiger partial charge in [0.15, 0.2) is 0 Å². The van der Waals surface area contributed by atoms with Crippen LogP contribution in [0.25, 0.3) is 0 Å². The van der Waals surface area contributed by atoms with E-state index in [1.165, 1.54) is 0 Å². The van der Waals surface area contributed by atoms with E-state index in [2.05, 4.69) is 11.9 Å². The minimum Gasteiger partial charge on any atom is -0.480 e. The lowest BCUT2D eigenvalue weighted by Gasteiger charge is -2.14. The first-order valence-electron chi connectivity index (χ1n) is 6.88. The van der Waals surface area contributed by atoms with Crippen molar-refractivity contribution in [2.45, 2.75) is 31.9 Å². The summed E-state index contributed by atoms with van der Waals surface area (Å²) in [5, 5.41) is 11.5. The largest absolute Gasteiger partial charge is 0.480 e. The van der Waals surface area contributed by atoms with Crippen molar-refractivity contribution in [1.29, 1.82) is 0 Å². The molecule has 0 radical (unpaired) electrons. The van der Waals surface area contributed by atoms with E-state index < -0.39 is 17.9 Å². The predicted octanol–water partition coefficient (Wildman–Crippen LogP) is 2.13. The Kier molecular flexibility index (Phi) is 7.82. The van der Waals surface area contributed by atoms with Crippen LogP contribution in [0.5, 0.6) is 0 Å². The summed E-state index contributed by atoms with van der Waals surface area (Å²) in [7, 11) is 0. The van der Waals surface area contributed by atoms with Gasteiger partial charge in [0.25, 0.3) is 0 Å². The van der Waals surface area contributed by atoms with Crippen LogP contribution in [-0.2, 0) is 20.9 Å². The van der Waals surface area contributed by atoms with Crippen molar-refractivity contribution in [3.63, 3.8) is 0 Å². The lowest BCUT2D eigenvalue weighted by Crippen LogP contribution is -2.42. The lowest BCUT2D eigenvalue weighted by atomic mass is 10.1. The minimum absolute atomic E-state index is 0.153. The maximum absolute atomic E-state index is 11.7. The van der Waals surface area contributed by atoms with Crippen LogP contribution in [0.3, 0.4) is 0 Å². The molecule has 0 aliphatic heterocycles. The van der Waals surface area contributed by atoms with Gasteiger partial charge in [0.1, 0.15) is 12.6 Å². The third-order valence-corrected chi connectivity index (χ3v) is 2.88. The second-order valence-electron chi connectivity index (χ2n) is 4.66. The smallest absolute Gasteiger partial charge is 0.326 e. The van der Waals surface area contributed by atoms with E-state index in [9.17, 15) is 9.59 Å². The predicted molar refractivity (Wildman–Crippen MR) is 79.7 cm³/mol. The number of benzene rings is 1. The molecule has 0 unspecified atom stereocenters. The van der Waals surface area contributed by atoms with Crippen molar-refractivity contribution in [2.24, 2.45) is 0 Å². The molecule has 2 N–H and O–H groups in total. The van der Waals surface area contributed by atoms with Gasteiger partial charge in [0.2, 0.25) is 5.91 Å². The summed E-state index contributed by atoms with van der Waals surface area (Å²) in [6.45, 7) is 3.75. The molecule has 1 rings (SSSR count). The van der Waals surface area contributed by atoms with Crippen LogP contribution in [0, 0.1) is 0 Å². The van der Waals surface area contributed by atoms with Gasteiger partial charge in [-0.1, -0.05) is 36.4 Å². The molecular weight excluding hydrogens is 270 g/mol. The van der Waals surface area contributed by atoms with Gasteiger partial charge in [-0.05, 0) is 24.8 Å². The Morgan fingerprint density at radius 3 is 2.67 bits per heavy atom. The first-order valence-corrected chi connectivity index (χ1v) is 6.88. The topological polar surface area (TPSA) is 75.6 Å². The second kappa shape index (κ2) is 9.72. The number of ether oxygens (including phenoxy) is 1. The number of rotatable bonds is 10. The molecular formula is C16H21NO4. The summed E-state index contributed by atoms with van der Waals surface area (Å²) >= 11 is 0. The van der Waals surface area contributed by atoms with Crippen molar-refractivity contribution < 1.29 is 19.4 Å². The average Bonchev–Trinajstić information content (AvgIpc) is 2.47. The van der Waals surface area contributed by atoms with E-state index in [1.54, 1.807) is 6.08 Å². The Hall–Kier alpha value is -2.14. The van der Waals surface area contributed by atoms with Crippen molar-refractivity contribution in [3.05, 3.63) is 48.6 Å². The number of amides is 1. The molecule has 1 aromatic carbocycles. The number of hydrogen-bond donors (Lipinski definition) is 2. The van der Waals surface area contributed by atoms with E-state index in [0.717, 1.165) is 12.0 Å². The van der Waals surface area contributed by atoms with Crippen LogP contribution in [0.1, 0.15) is 24.8 Å². The molecule has 0 bridgehead atoms. The highest BCUT2D eigenvalue weighted by molar-refractivity contribution is 5.84. The van der Waals surface area contributed by atoms with Gasteiger partial charge in [-0.2, -0.15) is 0 Å². The Morgan fingerprint density at radius 2 is 2.05 bits per heavy atom. The summed E-state index contributed by atoms with van der Waals surface area (Å²) in [5.74, 6) is -1.45. The number of nitrogens with one attached hydrogen (secondary N) is 1. The van der Waals surface area contributed by atoms with Crippen molar-refractivity contribution in [1.82, 2.24) is 5.32 Å². The zero-order valence-corrected chi connectivity index (χ0v) is 12.0. The number of carbonyl (C=O) groups excluding carboxylic acids is 1. The van der Waals surface area contributed by atoms with Crippen LogP contribution >= 0.6 is 0 Å². The zero-order valence-electron chi connectivity index (χ0n) is 12.0. The third-order valence-electron chi connectivity index (χ3n) is 2.88. The standard InChI is InChI=1S/C16H21NO4/c1-2-3-5-10-14(16(19)20)17-15(18)12-21-11-13-8-6-4-7-9-13/h2,4,6-9,14H,1,3,5,10-12H2,(H,17,18)(H,19,20)/t14-/m1/s1. The number of hydrogen-bond acceptors (Lipinski definition) is 3. The minimum atomic E-state index is -1.03. The molecule has 21 heavy (non-hydrogen) atoms. The average molecular weight is 291 g/mol. The summed E-state index contributed by atoms with van der Waals surface area (Å²) in [4.78, 5) is 22.7. The molecule has 0 saturated carbocycles. The van der Waals surface area contributed by atoms with Crippen LogP contribution in [0.2, 0.25) is 0 Å². The SMILES string of the molecule is C=CCCC[C@@H](NC(=O)COCc1ccccc1)C(=O)O. The number of unbranched alkanes of at least 4 members (excludes halogenated alkanes) is 1. The summed E-state index contributed by atoms with van der Waals surface area (Å²) < 4.78 is 5.27. The van der Waals surface area contributed by atoms with Gasteiger partial charge in [0, 0.05) is 0 Å². The lowest BCUT2D eigenvalue weighted by molar-refractivity contribution is -0.142. The van der Waals surface area contributed by atoms with Crippen LogP contribution in [0.15, 0.2) is 43.0 Å². The van der Waals surface area contributed by atoms with E-state index in [1.807, 2.05) is 30.3 Å². The number of aliphatic carboxylic acids is 1. The first-order chi connectivity index (χ1) is 10.1. The quantitative estimate of drug-likeness (QED) is 0.511. The molecule has 5 heteroatoms. The zero-order chi connectivity index (χ0) is 15.5. The van der Waals surface area contributed by atoms with Gasteiger partial charge < -0.3 is 15.2 Å². The number of carboxylic acid groups (broad SMARTS) is 1. The monoisotopic (exact) mass is 291 g/mol. The molecule has 0 saturated heterocycles. The molecule has 1 atom stereocenters. The van der Waals surface area contributed by atoms with Gasteiger partial charge in [-0.25, -0.2) is 4.79 Å². The molecule has 1 amide bonds. The first kappa shape index (κ1) is 16.9. The third kappa shape index (κ3) is 7.27. The highest BCUT2D eigenvalue weighted by atomic mass is 16.5. The normalized spacial score (nSPS) is 11.6. The Labute approximate surface area is 124 Å². The molecule has 0 aliphatic carbocycles. The molecule has 1 aromatic rings. The van der Waals surface area contributed by atoms with Crippen molar-refractivity contribution in [2.75, 3.05) is 6.61 Å². The van der Waals surface area contributed by atoms with Crippen molar-refractivity contribution >= 4 is 11.9 Å². The Bertz CT molecular complexity index is 459.